The zero-order valence-electron chi connectivity index (χ0n) is 15.3. The summed E-state index contributed by atoms with van der Waals surface area (Å²) in [4.78, 5) is 24.6. The van der Waals surface area contributed by atoms with Gasteiger partial charge in [0.15, 0.2) is 0 Å². The van der Waals surface area contributed by atoms with Crippen molar-refractivity contribution in [2.75, 3.05) is 6.61 Å². The van der Waals surface area contributed by atoms with Gasteiger partial charge in [0.05, 0.1) is 23.8 Å². The van der Waals surface area contributed by atoms with Crippen LogP contribution in [0.1, 0.15) is 35.7 Å². The van der Waals surface area contributed by atoms with Gasteiger partial charge in [-0.25, -0.2) is 5.43 Å². The van der Waals surface area contributed by atoms with Crippen molar-refractivity contribution in [1.82, 2.24) is 5.43 Å². The minimum Gasteiger partial charge on any atom is -0.494 e. The van der Waals surface area contributed by atoms with Gasteiger partial charge < -0.3 is 9.15 Å². The maximum atomic E-state index is 12.4. The molecule has 0 saturated carbocycles. The molecule has 6 nitrogen and oxygen atoms in total. The SMILES string of the molecule is CCCCOc1ccc(C(=O)N/N=C/c2coc3ccc(Cl)cc3c2=O)cc1. The average molecular weight is 399 g/mol. The molecule has 3 rings (SSSR count). The molecule has 0 spiro atoms. The Hall–Kier alpha value is -3.12. The molecular weight excluding hydrogens is 380 g/mol. The Balaban J connectivity index is 1.66. The third kappa shape index (κ3) is 4.78. The minimum atomic E-state index is -0.399. The van der Waals surface area contributed by atoms with Crippen LogP contribution in [0.25, 0.3) is 11.0 Å². The van der Waals surface area contributed by atoms with Crippen LogP contribution in [0.4, 0.5) is 0 Å². The predicted octanol–water partition coefficient (Wildman–Crippen LogP) is 4.39. The smallest absolute Gasteiger partial charge is 0.271 e. The summed E-state index contributed by atoms with van der Waals surface area (Å²) < 4.78 is 11.0. The van der Waals surface area contributed by atoms with E-state index in [-0.39, 0.29) is 11.0 Å². The highest BCUT2D eigenvalue weighted by Gasteiger charge is 2.07. The van der Waals surface area contributed by atoms with Gasteiger partial charge in [-0.15, -0.1) is 0 Å². The standard InChI is InChI=1S/C21H19ClN2O4/c1-2-3-10-27-17-7-4-14(5-8-17)21(26)24-23-12-15-13-28-19-9-6-16(22)11-18(19)20(15)25/h4-9,11-13H,2-3,10H2,1H3,(H,24,26)/b23-12+. The van der Waals surface area contributed by atoms with Crippen molar-refractivity contribution in [3.05, 3.63) is 75.1 Å². The maximum Gasteiger partial charge on any atom is 0.271 e. The Labute approximate surface area is 166 Å². The Morgan fingerprint density at radius 1 is 1.25 bits per heavy atom. The monoisotopic (exact) mass is 398 g/mol. The van der Waals surface area contributed by atoms with Crippen LogP contribution in [0, 0.1) is 0 Å². The summed E-state index contributed by atoms with van der Waals surface area (Å²) in [7, 11) is 0. The van der Waals surface area contributed by atoms with Gasteiger partial charge in [0, 0.05) is 10.6 Å². The molecule has 1 N–H and O–H groups in total. The van der Waals surface area contributed by atoms with Crippen LogP contribution in [0.15, 0.2) is 63.0 Å². The number of fused-ring (bicyclic) bond motifs is 1. The van der Waals surface area contributed by atoms with E-state index < -0.39 is 5.91 Å². The highest BCUT2D eigenvalue weighted by Crippen LogP contribution is 2.16. The van der Waals surface area contributed by atoms with Crippen LogP contribution < -0.4 is 15.6 Å². The second-order valence-electron chi connectivity index (χ2n) is 6.09. The fraction of sp³-hybridized carbons (Fsp3) is 0.190. The number of carbonyl (C=O) groups is 1. The van der Waals surface area contributed by atoms with Crippen LogP contribution in [-0.2, 0) is 0 Å². The van der Waals surface area contributed by atoms with E-state index in [1.165, 1.54) is 18.5 Å². The molecule has 0 saturated heterocycles. The lowest BCUT2D eigenvalue weighted by atomic mass is 10.2. The first-order valence-corrected chi connectivity index (χ1v) is 9.23. The van der Waals surface area contributed by atoms with Crippen LogP contribution in [0.5, 0.6) is 5.75 Å². The molecular formula is C21H19ClN2O4. The van der Waals surface area contributed by atoms with Crippen molar-refractivity contribution in [3.8, 4) is 5.75 Å². The molecule has 0 unspecified atom stereocenters. The van der Waals surface area contributed by atoms with Crippen molar-refractivity contribution in [1.29, 1.82) is 0 Å². The van der Waals surface area contributed by atoms with E-state index in [9.17, 15) is 9.59 Å². The maximum absolute atomic E-state index is 12.4. The van der Waals surface area contributed by atoms with Crippen LogP contribution >= 0.6 is 11.6 Å². The highest BCUT2D eigenvalue weighted by molar-refractivity contribution is 6.31. The first-order chi connectivity index (χ1) is 13.6. The molecule has 0 aliphatic carbocycles. The molecule has 0 radical (unpaired) electrons. The number of unbranched alkanes of at least 4 members (excludes halogenated alkanes) is 1. The van der Waals surface area contributed by atoms with E-state index in [1.807, 2.05) is 0 Å². The molecule has 1 heterocycles. The molecule has 3 aromatic rings. The number of ether oxygens (including phenoxy) is 1. The second-order valence-corrected chi connectivity index (χ2v) is 6.52. The van der Waals surface area contributed by atoms with E-state index in [2.05, 4.69) is 17.5 Å². The molecule has 1 aromatic heterocycles. The predicted molar refractivity (Wildman–Crippen MR) is 109 cm³/mol. The van der Waals surface area contributed by atoms with Crippen molar-refractivity contribution in [2.45, 2.75) is 19.8 Å². The number of rotatable bonds is 7. The van der Waals surface area contributed by atoms with E-state index >= 15 is 0 Å². The summed E-state index contributed by atoms with van der Waals surface area (Å²) in [5, 5.41) is 4.63. The van der Waals surface area contributed by atoms with Crippen LogP contribution in [0.2, 0.25) is 5.02 Å². The highest BCUT2D eigenvalue weighted by atomic mass is 35.5. The summed E-state index contributed by atoms with van der Waals surface area (Å²) >= 11 is 5.92. The second kappa shape index (κ2) is 9.19. The number of amides is 1. The molecule has 0 atom stereocenters. The number of nitrogens with zero attached hydrogens (tertiary/aromatic N) is 1. The van der Waals surface area contributed by atoms with Crippen LogP contribution in [0.3, 0.4) is 0 Å². The van der Waals surface area contributed by atoms with Gasteiger partial charge in [0.25, 0.3) is 5.91 Å². The Morgan fingerprint density at radius 2 is 2.04 bits per heavy atom. The molecule has 1 amide bonds. The van der Waals surface area contributed by atoms with Crippen molar-refractivity contribution in [3.63, 3.8) is 0 Å². The molecule has 0 aliphatic rings. The number of halogens is 1. The summed E-state index contributed by atoms with van der Waals surface area (Å²) in [6.45, 7) is 2.74. The lowest BCUT2D eigenvalue weighted by molar-refractivity contribution is 0.0955. The van der Waals surface area contributed by atoms with E-state index in [1.54, 1.807) is 36.4 Å². The van der Waals surface area contributed by atoms with Gasteiger partial charge in [0.1, 0.15) is 17.6 Å². The first-order valence-electron chi connectivity index (χ1n) is 8.86. The van der Waals surface area contributed by atoms with E-state index in [0.717, 1.165) is 12.8 Å². The zero-order chi connectivity index (χ0) is 19.9. The van der Waals surface area contributed by atoms with Crippen molar-refractivity contribution < 1.29 is 13.9 Å². The summed E-state index contributed by atoms with van der Waals surface area (Å²) in [6, 6.07) is 11.6. The lowest BCUT2D eigenvalue weighted by Gasteiger charge is -2.06. The van der Waals surface area contributed by atoms with E-state index in [0.29, 0.717) is 33.9 Å². The Kier molecular flexibility index (Phi) is 6.45. The number of hydrogen-bond acceptors (Lipinski definition) is 5. The Bertz CT molecular complexity index is 1060. The fourth-order valence-corrected chi connectivity index (χ4v) is 2.64. The van der Waals surface area contributed by atoms with Gasteiger partial charge in [-0.2, -0.15) is 5.10 Å². The molecule has 144 valence electrons. The third-order valence-electron chi connectivity index (χ3n) is 4.01. The zero-order valence-corrected chi connectivity index (χ0v) is 16.0. The fourth-order valence-electron chi connectivity index (χ4n) is 2.47. The summed E-state index contributed by atoms with van der Waals surface area (Å²) in [5.74, 6) is 0.311. The number of hydrazone groups is 1. The summed E-state index contributed by atoms with van der Waals surface area (Å²) in [5.41, 5.74) is 3.17. The largest absolute Gasteiger partial charge is 0.494 e. The molecule has 28 heavy (non-hydrogen) atoms. The number of carbonyl (C=O) groups excluding carboxylic acids is 1. The third-order valence-corrected chi connectivity index (χ3v) is 4.25. The van der Waals surface area contributed by atoms with Crippen LogP contribution in [-0.4, -0.2) is 18.7 Å². The molecule has 7 heteroatoms. The molecule has 0 fully saturated rings. The lowest BCUT2D eigenvalue weighted by Crippen LogP contribution is -2.18. The van der Waals surface area contributed by atoms with Gasteiger partial charge in [0.2, 0.25) is 5.43 Å². The first kappa shape index (κ1) is 19.6. The van der Waals surface area contributed by atoms with Gasteiger partial charge >= 0.3 is 0 Å². The number of nitrogens with one attached hydrogen (secondary N) is 1. The van der Waals surface area contributed by atoms with Crippen molar-refractivity contribution >= 4 is 34.7 Å². The molecule has 0 aliphatic heterocycles. The number of hydrogen-bond donors (Lipinski definition) is 1. The van der Waals surface area contributed by atoms with Gasteiger partial charge in [-0.05, 0) is 48.9 Å². The number of benzene rings is 2. The normalized spacial score (nSPS) is 11.1. The van der Waals surface area contributed by atoms with E-state index in [4.69, 9.17) is 20.8 Å². The Morgan fingerprint density at radius 3 is 2.79 bits per heavy atom. The minimum absolute atomic E-state index is 0.203. The average Bonchev–Trinajstić information content (AvgIpc) is 2.71. The quantitative estimate of drug-likeness (QED) is 0.363. The molecule has 2 aromatic carbocycles. The summed E-state index contributed by atoms with van der Waals surface area (Å²) in [6.07, 6.45) is 4.57. The van der Waals surface area contributed by atoms with Gasteiger partial charge in [-0.3, -0.25) is 9.59 Å². The molecule has 0 bridgehead atoms. The van der Waals surface area contributed by atoms with Crippen molar-refractivity contribution in [2.24, 2.45) is 5.10 Å². The van der Waals surface area contributed by atoms with Gasteiger partial charge in [-0.1, -0.05) is 24.9 Å². The topological polar surface area (TPSA) is 80.9 Å².